The standard InChI is InChI=1S/C24H22N4O/c29-24(21-14-23(19-10-11-19)27-22-5-2-1-4-20(21)22)25-15-17-6-8-18(9-7-17)16-28-13-3-12-26-28/h1-9,12-14,19H,10-11,15-16H2,(H,25,29). The summed E-state index contributed by atoms with van der Waals surface area (Å²) >= 11 is 0. The molecule has 1 fully saturated rings. The van der Waals surface area contributed by atoms with E-state index in [1.54, 1.807) is 6.20 Å². The highest BCUT2D eigenvalue weighted by atomic mass is 16.1. The third-order valence-electron chi connectivity index (χ3n) is 5.36. The number of rotatable bonds is 6. The highest BCUT2D eigenvalue weighted by Gasteiger charge is 2.26. The number of fused-ring (bicyclic) bond motifs is 1. The van der Waals surface area contributed by atoms with Gasteiger partial charge in [-0.25, -0.2) is 0 Å². The van der Waals surface area contributed by atoms with Gasteiger partial charge in [0.2, 0.25) is 0 Å². The summed E-state index contributed by atoms with van der Waals surface area (Å²) in [5, 5.41) is 8.21. The molecule has 0 radical (unpaired) electrons. The van der Waals surface area contributed by atoms with Crippen LogP contribution in [-0.2, 0) is 13.1 Å². The number of nitrogens with one attached hydrogen (secondary N) is 1. The molecule has 0 atom stereocenters. The van der Waals surface area contributed by atoms with Crippen molar-refractivity contribution in [2.75, 3.05) is 0 Å². The van der Waals surface area contributed by atoms with Gasteiger partial charge in [-0.15, -0.1) is 0 Å². The number of para-hydroxylation sites is 1. The average Bonchev–Trinajstić information content (AvgIpc) is 3.49. The van der Waals surface area contributed by atoms with Gasteiger partial charge in [0.15, 0.2) is 0 Å². The molecule has 144 valence electrons. The molecule has 5 rings (SSSR count). The Bertz CT molecular complexity index is 1150. The molecular weight excluding hydrogens is 360 g/mol. The van der Waals surface area contributed by atoms with Crippen molar-refractivity contribution >= 4 is 16.8 Å². The van der Waals surface area contributed by atoms with Gasteiger partial charge >= 0.3 is 0 Å². The first-order valence-corrected chi connectivity index (χ1v) is 9.99. The first-order chi connectivity index (χ1) is 14.3. The summed E-state index contributed by atoms with van der Waals surface area (Å²) in [5.74, 6) is 0.458. The first kappa shape index (κ1) is 17.6. The van der Waals surface area contributed by atoms with Crippen LogP contribution >= 0.6 is 0 Å². The fourth-order valence-corrected chi connectivity index (χ4v) is 3.59. The van der Waals surface area contributed by atoms with Crippen LogP contribution in [0.1, 0.15) is 45.9 Å². The van der Waals surface area contributed by atoms with Crippen molar-refractivity contribution in [1.29, 1.82) is 0 Å². The monoisotopic (exact) mass is 382 g/mol. The molecule has 0 aliphatic heterocycles. The number of amides is 1. The molecule has 0 spiro atoms. The van der Waals surface area contributed by atoms with Gasteiger partial charge in [-0.3, -0.25) is 14.5 Å². The van der Waals surface area contributed by atoms with Crippen molar-refractivity contribution in [1.82, 2.24) is 20.1 Å². The van der Waals surface area contributed by atoms with Crippen molar-refractivity contribution in [3.8, 4) is 0 Å². The first-order valence-electron chi connectivity index (χ1n) is 9.99. The summed E-state index contributed by atoms with van der Waals surface area (Å²) in [6, 6.07) is 20.0. The molecule has 2 heterocycles. The molecule has 2 aromatic heterocycles. The molecule has 5 nitrogen and oxygen atoms in total. The van der Waals surface area contributed by atoms with E-state index in [2.05, 4.69) is 34.7 Å². The SMILES string of the molecule is O=C(NCc1ccc(Cn2cccn2)cc1)c1cc(C2CC2)nc2ccccc12. The fraction of sp³-hybridized carbons (Fsp3) is 0.208. The normalized spacial score (nSPS) is 13.5. The quantitative estimate of drug-likeness (QED) is 0.541. The number of benzene rings is 2. The number of hydrogen-bond donors (Lipinski definition) is 1. The van der Waals surface area contributed by atoms with Crippen molar-refractivity contribution in [2.45, 2.75) is 31.8 Å². The third kappa shape index (κ3) is 3.90. The van der Waals surface area contributed by atoms with Crippen LogP contribution in [0, 0.1) is 0 Å². The van der Waals surface area contributed by atoms with Crippen LogP contribution in [0.25, 0.3) is 10.9 Å². The molecule has 4 aromatic rings. The van der Waals surface area contributed by atoms with Gasteiger partial charge in [-0.2, -0.15) is 5.10 Å². The van der Waals surface area contributed by atoms with Crippen LogP contribution in [0.3, 0.4) is 0 Å². The minimum absolute atomic E-state index is 0.0499. The van der Waals surface area contributed by atoms with Crippen molar-refractivity contribution in [3.63, 3.8) is 0 Å². The zero-order valence-electron chi connectivity index (χ0n) is 16.1. The Kier molecular flexibility index (Phi) is 4.56. The van der Waals surface area contributed by atoms with E-state index in [0.717, 1.165) is 41.5 Å². The summed E-state index contributed by atoms with van der Waals surface area (Å²) in [4.78, 5) is 17.7. The van der Waals surface area contributed by atoms with Gasteiger partial charge in [0.1, 0.15) is 0 Å². The highest BCUT2D eigenvalue weighted by Crippen LogP contribution is 2.40. The average molecular weight is 382 g/mol. The van der Waals surface area contributed by atoms with E-state index in [-0.39, 0.29) is 5.91 Å². The molecule has 0 saturated heterocycles. The topological polar surface area (TPSA) is 59.8 Å². The van der Waals surface area contributed by atoms with Crippen LogP contribution < -0.4 is 5.32 Å². The summed E-state index contributed by atoms with van der Waals surface area (Å²) in [5.41, 5.74) is 4.90. The Morgan fingerprint density at radius 2 is 1.83 bits per heavy atom. The molecule has 0 unspecified atom stereocenters. The number of pyridine rings is 1. The van der Waals surface area contributed by atoms with Crippen LogP contribution in [0.5, 0.6) is 0 Å². The maximum Gasteiger partial charge on any atom is 0.252 e. The zero-order chi connectivity index (χ0) is 19.6. The maximum atomic E-state index is 13.0. The van der Waals surface area contributed by atoms with Crippen LogP contribution in [-0.4, -0.2) is 20.7 Å². The lowest BCUT2D eigenvalue weighted by molar-refractivity contribution is 0.0952. The summed E-state index contributed by atoms with van der Waals surface area (Å²) < 4.78 is 1.89. The largest absolute Gasteiger partial charge is 0.348 e. The molecular formula is C24H22N4O. The molecule has 2 aromatic carbocycles. The predicted octanol–water partition coefficient (Wildman–Crippen LogP) is 4.29. The Labute approximate surface area is 169 Å². The predicted molar refractivity (Wildman–Crippen MR) is 113 cm³/mol. The number of carbonyl (C=O) groups is 1. The summed E-state index contributed by atoms with van der Waals surface area (Å²) in [6.45, 7) is 1.24. The van der Waals surface area contributed by atoms with E-state index in [0.29, 0.717) is 18.0 Å². The molecule has 1 aliphatic carbocycles. The van der Waals surface area contributed by atoms with Gasteiger partial charge in [-0.1, -0.05) is 42.5 Å². The van der Waals surface area contributed by atoms with Crippen molar-refractivity contribution in [2.24, 2.45) is 0 Å². The van der Waals surface area contributed by atoms with E-state index in [4.69, 9.17) is 4.98 Å². The van der Waals surface area contributed by atoms with Crippen LogP contribution in [0.2, 0.25) is 0 Å². The summed E-state index contributed by atoms with van der Waals surface area (Å²) in [7, 11) is 0. The lowest BCUT2D eigenvalue weighted by atomic mass is 10.0. The Morgan fingerprint density at radius 3 is 2.59 bits per heavy atom. The van der Waals surface area contributed by atoms with Crippen molar-refractivity contribution in [3.05, 3.63) is 95.4 Å². The second-order valence-electron chi connectivity index (χ2n) is 7.59. The molecule has 0 bridgehead atoms. The molecule has 5 heteroatoms. The van der Waals surface area contributed by atoms with Gasteiger partial charge in [0.05, 0.1) is 17.6 Å². The van der Waals surface area contributed by atoms with Gasteiger partial charge in [-0.05, 0) is 42.2 Å². The molecule has 29 heavy (non-hydrogen) atoms. The van der Waals surface area contributed by atoms with Gasteiger partial charge in [0, 0.05) is 35.9 Å². The van der Waals surface area contributed by atoms with Gasteiger partial charge < -0.3 is 5.32 Å². The fourth-order valence-electron chi connectivity index (χ4n) is 3.59. The minimum atomic E-state index is -0.0499. The smallest absolute Gasteiger partial charge is 0.252 e. The second-order valence-corrected chi connectivity index (χ2v) is 7.59. The summed E-state index contributed by atoms with van der Waals surface area (Å²) in [6.07, 6.45) is 6.05. The Morgan fingerprint density at radius 1 is 1.03 bits per heavy atom. The zero-order valence-corrected chi connectivity index (χ0v) is 16.1. The van der Waals surface area contributed by atoms with Crippen molar-refractivity contribution < 1.29 is 4.79 Å². The van der Waals surface area contributed by atoms with E-state index in [1.807, 2.05) is 47.3 Å². The second kappa shape index (κ2) is 7.51. The van der Waals surface area contributed by atoms with Crippen LogP contribution in [0.4, 0.5) is 0 Å². The molecule has 1 amide bonds. The molecule has 1 N–H and O–H groups in total. The highest BCUT2D eigenvalue weighted by molar-refractivity contribution is 6.06. The lowest BCUT2D eigenvalue weighted by Gasteiger charge is -2.11. The van der Waals surface area contributed by atoms with E-state index in [1.165, 1.54) is 5.56 Å². The lowest BCUT2D eigenvalue weighted by Crippen LogP contribution is -2.23. The number of hydrogen-bond acceptors (Lipinski definition) is 3. The maximum absolute atomic E-state index is 13.0. The Hall–Kier alpha value is -3.47. The molecule has 1 saturated carbocycles. The van der Waals surface area contributed by atoms with Gasteiger partial charge in [0.25, 0.3) is 5.91 Å². The van der Waals surface area contributed by atoms with Crippen LogP contribution in [0.15, 0.2) is 73.1 Å². The minimum Gasteiger partial charge on any atom is -0.348 e. The van der Waals surface area contributed by atoms with E-state index in [9.17, 15) is 4.79 Å². The molecule has 1 aliphatic rings. The number of aromatic nitrogens is 3. The van der Waals surface area contributed by atoms with E-state index >= 15 is 0 Å². The Balaban J connectivity index is 1.30. The number of nitrogens with zero attached hydrogens (tertiary/aromatic N) is 3. The number of carbonyl (C=O) groups excluding carboxylic acids is 1. The third-order valence-corrected chi connectivity index (χ3v) is 5.36. The van der Waals surface area contributed by atoms with E-state index < -0.39 is 0 Å².